The van der Waals surface area contributed by atoms with Gasteiger partial charge in [-0.1, -0.05) is 22.0 Å². The highest BCUT2D eigenvalue weighted by Gasteiger charge is 2.31. The first kappa shape index (κ1) is 16.5. The predicted octanol–water partition coefficient (Wildman–Crippen LogP) is 1.81. The van der Waals surface area contributed by atoms with E-state index >= 15 is 0 Å². The largest absolute Gasteiger partial charge is 0.325 e. The van der Waals surface area contributed by atoms with Crippen LogP contribution in [0.4, 0.5) is 5.69 Å². The van der Waals surface area contributed by atoms with Gasteiger partial charge >= 0.3 is 0 Å². The summed E-state index contributed by atoms with van der Waals surface area (Å²) >= 11 is 3.42. The summed E-state index contributed by atoms with van der Waals surface area (Å²) in [5.74, 6) is 0.221. The number of anilines is 1. The Balaban J connectivity index is 1.91. The van der Waals surface area contributed by atoms with Gasteiger partial charge in [-0.05, 0) is 38.1 Å². The fraction of sp³-hybridized carbons (Fsp3) is 0.500. The third-order valence-electron chi connectivity index (χ3n) is 3.68. The number of benzene rings is 1. The molecule has 1 aromatic carbocycles. The van der Waals surface area contributed by atoms with Crippen LogP contribution in [0.1, 0.15) is 12.0 Å². The van der Waals surface area contributed by atoms with Crippen molar-refractivity contribution in [3.8, 4) is 0 Å². The average molecular weight is 375 g/mol. The van der Waals surface area contributed by atoms with Gasteiger partial charge < -0.3 is 5.32 Å². The lowest BCUT2D eigenvalue weighted by Gasteiger charge is -2.22. The van der Waals surface area contributed by atoms with Crippen molar-refractivity contribution in [3.63, 3.8) is 0 Å². The summed E-state index contributed by atoms with van der Waals surface area (Å²) in [7, 11) is -1.14. The average Bonchev–Trinajstić information content (AvgIpc) is 2.74. The van der Waals surface area contributed by atoms with Crippen molar-refractivity contribution >= 4 is 37.4 Å². The third kappa shape index (κ3) is 4.52. The predicted molar refractivity (Wildman–Crippen MR) is 87.2 cm³/mol. The van der Waals surface area contributed by atoms with Gasteiger partial charge in [-0.15, -0.1) is 0 Å². The number of nitrogens with zero attached hydrogens (tertiary/aromatic N) is 1. The molecule has 1 aromatic rings. The van der Waals surface area contributed by atoms with Crippen LogP contribution in [0.15, 0.2) is 22.7 Å². The van der Waals surface area contributed by atoms with Gasteiger partial charge in [-0.3, -0.25) is 9.69 Å². The molecule has 1 saturated heterocycles. The van der Waals surface area contributed by atoms with Crippen LogP contribution >= 0.6 is 15.9 Å². The minimum absolute atomic E-state index is 0.0643. The molecule has 1 amide bonds. The highest BCUT2D eigenvalue weighted by molar-refractivity contribution is 9.10. The summed E-state index contributed by atoms with van der Waals surface area (Å²) in [5.41, 5.74) is 1.83. The molecule has 0 aromatic heterocycles. The Bertz CT molecular complexity index is 646. The van der Waals surface area contributed by atoms with Crippen LogP contribution in [-0.2, 0) is 14.6 Å². The monoisotopic (exact) mass is 374 g/mol. The maximum atomic E-state index is 12.0. The molecule has 0 radical (unpaired) electrons. The van der Waals surface area contributed by atoms with Crippen LogP contribution < -0.4 is 5.32 Å². The van der Waals surface area contributed by atoms with Gasteiger partial charge in [0.2, 0.25) is 5.91 Å². The normalized spacial score (nSPS) is 20.7. The molecule has 7 heteroatoms. The number of carbonyl (C=O) groups is 1. The minimum atomic E-state index is -2.93. The Morgan fingerprint density at radius 1 is 1.48 bits per heavy atom. The Morgan fingerprint density at radius 3 is 2.76 bits per heavy atom. The molecule has 0 spiro atoms. The second-order valence-electron chi connectivity index (χ2n) is 5.48. The molecule has 1 aliphatic rings. The lowest BCUT2D eigenvalue weighted by Crippen LogP contribution is -2.38. The first-order valence-corrected chi connectivity index (χ1v) is 9.35. The number of aryl methyl sites for hydroxylation is 1. The van der Waals surface area contributed by atoms with E-state index in [-0.39, 0.29) is 30.0 Å². The van der Waals surface area contributed by atoms with Crippen LogP contribution in [0.25, 0.3) is 0 Å². The van der Waals surface area contributed by atoms with Gasteiger partial charge in [0, 0.05) is 16.2 Å². The van der Waals surface area contributed by atoms with Crippen molar-refractivity contribution < 1.29 is 13.2 Å². The molecular weight excluding hydrogens is 356 g/mol. The molecule has 0 aliphatic carbocycles. The van der Waals surface area contributed by atoms with Crippen molar-refractivity contribution in [3.05, 3.63) is 28.2 Å². The SMILES string of the molecule is Cc1ccc(NC(=O)CN(C)C2CCS(=O)(=O)C2)cc1Br. The number of nitrogens with one attached hydrogen (secondary N) is 1. The van der Waals surface area contributed by atoms with Gasteiger partial charge in [0.05, 0.1) is 18.1 Å². The molecule has 5 nitrogen and oxygen atoms in total. The molecule has 2 rings (SSSR count). The molecule has 1 unspecified atom stereocenters. The number of sulfone groups is 1. The molecular formula is C14H19BrN2O3S. The zero-order chi connectivity index (χ0) is 15.6. The van der Waals surface area contributed by atoms with Crippen molar-refractivity contribution in [2.45, 2.75) is 19.4 Å². The highest BCUT2D eigenvalue weighted by Crippen LogP contribution is 2.21. The molecule has 21 heavy (non-hydrogen) atoms. The van der Waals surface area contributed by atoms with Crippen molar-refractivity contribution in [2.24, 2.45) is 0 Å². The first-order valence-electron chi connectivity index (χ1n) is 6.73. The Hall–Kier alpha value is -0.920. The van der Waals surface area contributed by atoms with E-state index < -0.39 is 9.84 Å². The third-order valence-corrected chi connectivity index (χ3v) is 6.29. The lowest BCUT2D eigenvalue weighted by atomic mass is 10.2. The summed E-state index contributed by atoms with van der Waals surface area (Å²) in [5, 5.41) is 2.83. The summed E-state index contributed by atoms with van der Waals surface area (Å²) in [6, 6.07) is 5.56. The molecule has 0 bridgehead atoms. The Morgan fingerprint density at radius 2 is 2.19 bits per heavy atom. The maximum absolute atomic E-state index is 12.0. The van der Waals surface area contributed by atoms with Crippen LogP contribution in [0.5, 0.6) is 0 Å². The summed E-state index contributed by atoms with van der Waals surface area (Å²) < 4.78 is 23.9. The molecule has 0 saturated carbocycles. The number of rotatable bonds is 4. The summed E-state index contributed by atoms with van der Waals surface area (Å²) in [4.78, 5) is 13.8. The van der Waals surface area contributed by atoms with E-state index in [4.69, 9.17) is 0 Å². The molecule has 1 fully saturated rings. The second-order valence-corrected chi connectivity index (χ2v) is 8.57. The quantitative estimate of drug-likeness (QED) is 0.872. The molecule has 1 N–H and O–H groups in total. The van der Waals surface area contributed by atoms with Gasteiger partial charge in [0.1, 0.15) is 0 Å². The van der Waals surface area contributed by atoms with E-state index in [0.717, 1.165) is 15.7 Å². The van der Waals surface area contributed by atoms with Crippen LogP contribution in [0, 0.1) is 6.92 Å². The Labute approximate surface area is 133 Å². The number of carbonyl (C=O) groups excluding carboxylic acids is 1. The highest BCUT2D eigenvalue weighted by atomic mass is 79.9. The fourth-order valence-electron chi connectivity index (χ4n) is 2.35. The lowest BCUT2D eigenvalue weighted by molar-refractivity contribution is -0.117. The van der Waals surface area contributed by atoms with E-state index in [1.165, 1.54) is 0 Å². The number of hydrogen-bond donors (Lipinski definition) is 1. The van der Waals surface area contributed by atoms with Crippen LogP contribution in [0.2, 0.25) is 0 Å². The van der Waals surface area contributed by atoms with Gasteiger partial charge in [-0.2, -0.15) is 0 Å². The number of amides is 1. The number of likely N-dealkylation sites (N-methyl/N-ethyl adjacent to an activating group) is 1. The summed E-state index contributed by atoms with van der Waals surface area (Å²) in [6.45, 7) is 2.16. The second kappa shape index (κ2) is 6.46. The molecule has 1 heterocycles. The smallest absolute Gasteiger partial charge is 0.238 e. The zero-order valence-corrected chi connectivity index (χ0v) is 14.5. The van der Waals surface area contributed by atoms with Gasteiger partial charge in [0.25, 0.3) is 0 Å². The maximum Gasteiger partial charge on any atom is 0.238 e. The Kier molecular flexibility index (Phi) is 5.06. The van der Waals surface area contributed by atoms with Gasteiger partial charge in [0.15, 0.2) is 9.84 Å². The van der Waals surface area contributed by atoms with E-state index in [0.29, 0.717) is 6.42 Å². The molecule has 1 atom stereocenters. The van der Waals surface area contributed by atoms with Crippen molar-refractivity contribution in [2.75, 3.05) is 30.4 Å². The van der Waals surface area contributed by atoms with Crippen LogP contribution in [-0.4, -0.2) is 50.4 Å². The van der Waals surface area contributed by atoms with Crippen LogP contribution in [0.3, 0.4) is 0 Å². The summed E-state index contributed by atoms with van der Waals surface area (Å²) in [6.07, 6.45) is 0.599. The van der Waals surface area contributed by atoms with E-state index in [1.807, 2.05) is 30.0 Å². The topological polar surface area (TPSA) is 66.5 Å². The molecule has 116 valence electrons. The van der Waals surface area contributed by atoms with Gasteiger partial charge in [-0.25, -0.2) is 8.42 Å². The minimum Gasteiger partial charge on any atom is -0.325 e. The van der Waals surface area contributed by atoms with Crippen molar-refractivity contribution in [1.29, 1.82) is 0 Å². The zero-order valence-electron chi connectivity index (χ0n) is 12.1. The number of halogens is 1. The first-order chi connectivity index (χ1) is 9.77. The fourth-order valence-corrected chi connectivity index (χ4v) is 4.53. The van der Waals surface area contributed by atoms with E-state index in [2.05, 4.69) is 21.2 Å². The number of hydrogen-bond acceptors (Lipinski definition) is 4. The molecule has 1 aliphatic heterocycles. The van der Waals surface area contributed by atoms with Crippen molar-refractivity contribution in [1.82, 2.24) is 4.90 Å². The standard InChI is InChI=1S/C14H19BrN2O3S/c1-10-3-4-11(7-13(10)15)16-14(18)8-17(2)12-5-6-21(19,20)9-12/h3-4,7,12H,5-6,8-9H2,1-2H3,(H,16,18). The van der Waals surface area contributed by atoms with E-state index in [1.54, 1.807) is 7.05 Å². The van der Waals surface area contributed by atoms with E-state index in [9.17, 15) is 13.2 Å².